The molecule has 1 fully saturated rings. The molecule has 0 aromatic rings. The van der Waals surface area contributed by atoms with Crippen molar-refractivity contribution < 1.29 is 0 Å². The molecule has 0 aliphatic carbocycles. The summed E-state index contributed by atoms with van der Waals surface area (Å²) in [4.78, 5) is 2.56. The van der Waals surface area contributed by atoms with Gasteiger partial charge in [0.1, 0.15) is 0 Å². The van der Waals surface area contributed by atoms with Crippen molar-refractivity contribution in [2.24, 2.45) is 17.6 Å². The van der Waals surface area contributed by atoms with Crippen LogP contribution in [0.4, 0.5) is 0 Å². The second-order valence-electron chi connectivity index (χ2n) is 4.69. The first-order valence-corrected chi connectivity index (χ1v) is 5.77. The van der Waals surface area contributed by atoms with Gasteiger partial charge in [-0.2, -0.15) is 0 Å². The second-order valence-corrected chi connectivity index (χ2v) is 4.69. The zero-order chi connectivity index (χ0) is 10.6. The van der Waals surface area contributed by atoms with Crippen LogP contribution in [-0.4, -0.2) is 44.2 Å². The van der Waals surface area contributed by atoms with Gasteiger partial charge in [0.2, 0.25) is 0 Å². The smallest absolute Gasteiger partial charge is 0.00387 e. The quantitative estimate of drug-likeness (QED) is 0.678. The van der Waals surface area contributed by atoms with Gasteiger partial charge < -0.3 is 16.0 Å². The molecule has 84 valence electrons. The SMILES string of the molecule is CNCC(CN)C1CCN(C(C)C)C1. The van der Waals surface area contributed by atoms with Crippen molar-refractivity contribution in [3.63, 3.8) is 0 Å². The van der Waals surface area contributed by atoms with Crippen molar-refractivity contribution in [3.05, 3.63) is 0 Å². The Bertz CT molecular complexity index is 159. The Morgan fingerprint density at radius 3 is 2.64 bits per heavy atom. The molecule has 0 radical (unpaired) electrons. The highest BCUT2D eigenvalue weighted by Crippen LogP contribution is 2.24. The van der Waals surface area contributed by atoms with Crippen LogP contribution in [0.2, 0.25) is 0 Å². The Labute approximate surface area is 88.0 Å². The average molecular weight is 199 g/mol. The predicted octanol–water partition coefficient (Wildman–Crippen LogP) is 0.511. The van der Waals surface area contributed by atoms with Crippen molar-refractivity contribution >= 4 is 0 Å². The lowest BCUT2D eigenvalue weighted by atomic mass is 9.91. The molecule has 1 heterocycles. The van der Waals surface area contributed by atoms with E-state index in [0.717, 1.165) is 19.0 Å². The number of hydrogen-bond donors (Lipinski definition) is 2. The van der Waals surface area contributed by atoms with Crippen molar-refractivity contribution in [3.8, 4) is 0 Å². The van der Waals surface area contributed by atoms with E-state index >= 15 is 0 Å². The molecule has 1 aliphatic rings. The predicted molar refractivity (Wildman–Crippen MR) is 61.3 cm³/mol. The third-order valence-corrected chi connectivity index (χ3v) is 3.42. The summed E-state index contributed by atoms with van der Waals surface area (Å²) in [6.45, 7) is 8.92. The van der Waals surface area contributed by atoms with Gasteiger partial charge in [-0.25, -0.2) is 0 Å². The van der Waals surface area contributed by atoms with E-state index in [-0.39, 0.29) is 0 Å². The van der Waals surface area contributed by atoms with E-state index in [1.165, 1.54) is 19.5 Å². The molecule has 0 bridgehead atoms. The van der Waals surface area contributed by atoms with Crippen LogP contribution in [-0.2, 0) is 0 Å². The summed E-state index contributed by atoms with van der Waals surface area (Å²) in [6, 6.07) is 0.688. The first-order valence-electron chi connectivity index (χ1n) is 5.77. The molecule has 3 N–H and O–H groups in total. The van der Waals surface area contributed by atoms with E-state index in [2.05, 4.69) is 24.1 Å². The van der Waals surface area contributed by atoms with Crippen LogP contribution in [0, 0.1) is 11.8 Å². The van der Waals surface area contributed by atoms with Crippen molar-refractivity contribution in [2.45, 2.75) is 26.3 Å². The fourth-order valence-corrected chi connectivity index (χ4v) is 2.37. The summed E-state index contributed by atoms with van der Waals surface area (Å²) in [5, 5.41) is 3.24. The highest BCUT2D eigenvalue weighted by Gasteiger charge is 2.29. The molecule has 0 spiro atoms. The molecular weight excluding hydrogens is 174 g/mol. The molecule has 0 aromatic carbocycles. The fourth-order valence-electron chi connectivity index (χ4n) is 2.37. The molecule has 0 aromatic heterocycles. The van der Waals surface area contributed by atoms with Crippen LogP contribution in [0.1, 0.15) is 20.3 Å². The highest BCUT2D eigenvalue weighted by atomic mass is 15.2. The van der Waals surface area contributed by atoms with E-state index < -0.39 is 0 Å². The normalized spacial score (nSPS) is 25.9. The molecule has 1 rings (SSSR count). The Morgan fingerprint density at radius 1 is 1.50 bits per heavy atom. The summed E-state index contributed by atoms with van der Waals surface area (Å²) in [5.74, 6) is 1.46. The molecule has 0 amide bonds. The van der Waals surface area contributed by atoms with Gasteiger partial charge in [-0.05, 0) is 58.8 Å². The molecule has 2 unspecified atom stereocenters. The standard InChI is InChI=1S/C11H25N3/c1-9(2)14-5-4-10(8-14)11(6-12)7-13-3/h9-11,13H,4-8,12H2,1-3H3. The van der Waals surface area contributed by atoms with E-state index in [1.54, 1.807) is 0 Å². The molecule has 0 saturated carbocycles. The van der Waals surface area contributed by atoms with Gasteiger partial charge >= 0.3 is 0 Å². The Kier molecular flexibility index (Phi) is 4.85. The number of nitrogens with zero attached hydrogens (tertiary/aromatic N) is 1. The molecule has 3 nitrogen and oxygen atoms in total. The molecule has 3 heteroatoms. The number of nitrogens with two attached hydrogens (primary N) is 1. The van der Waals surface area contributed by atoms with E-state index in [0.29, 0.717) is 12.0 Å². The van der Waals surface area contributed by atoms with Gasteiger partial charge in [0, 0.05) is 12.6 Å². The third kappa shape index (κ3) is 2.94. The number of likely N-dealkylation sites (tertiary alicyclic amines) is 1. The summed E-state index contributed by atoms with van der Waals surface area (Å²) in [6.07, 6.45) is 1.32. The first-order chi connectivity index (χ1) is 6.69. The van der Waals surface area contributed by atoms with Gasteiger partial charge in [-0.3, -0.25) is 0 Å². The maximum Gasteiger partial charge on any atom is 0.00387 e. The van der Waals surface area contributed by atoms with E-state index in [4.69, 9.17) is 5.73 Å². The van der Waals surface area contributed by atoms with Gasteiger partial charge in [0.15, 0.2) is 0 Å². The molecule has 1 aliphatic heterocycles. The first kappa shape index (κ1) is 12.0. The summed E-state index contributed by atoms with van der Waals surface area (Å²) >= 11 is 0. The minimum absolute atomic E-state index is 0.656. The number of nitrogens with one attached hydrogen (secondary N) is 1. The van der Waals surface area contributed by atoms with Gasteiger partial charge in [0.25, 0.3) is 0 Å². The summed E-state index contributed by atoms with van der Waals surface area (Å²) in [5.41, 5.74) is 5.80. The Balaban J connectivity index is 2.39. The minimum Gasteiger partial charge on any atom is -0.330 e. The molecule has 1 saturated heterocycles. The maximum absolute atomic E-state index is 5.80. The largest absolute Gasteiger partial charge is 0.330 e. The number of hydrogen-bond acceptors (Lipinski definition) is 3. The zero-order valence-electron chi connectivity index (χ0n) is 9.79. The zero-order valence-corrected chi connectivity index (χ0v) is 9.79. The monoisotopic (exact) mass is 199 g/mol. The van der Waals surface area contributed by atoms with Crippen molar-refractivity contribution in [1.29, 1.82) is 0 Å². The Morgan fingerprint density at radius 2 is 2.21 bits per heavy atom. The second kappa shape index (κ2) is 5.69. The van der Waals surface area contributed by atoms with Crippen molar-refractivity contribution in [1.82, 2.24) is 10.2 Å². The van der Waals surface area contributed by atoms with Gasteiger partial charge in [-0.15, -0.1) is 0 Å². The summed E-state index contributed by atoms with van der Waals surface area (Å²) < 4.78 is 0. The lowest BCUT2D eigenvalue weighted by Crippen LogP contribution is -2.35. The minimum atomic E-state index is 0.656. The maximum atomic E-state index is 5.80. The van der Waals surface area contributed by atoms with Crippen LogP contribution >= 0.6 is 0 Å². The van der Waals surface area contributed by atoms with Crippen LogP contribution in [0.15, 0.2) is 0 Å². The highest BCUT2D eigenvalue weighted by molar-refractivity contribution is 4.83. The van der Waals surface area contributed by atoms with Crippen LogP contribution in [0.5, 0.6) is 0 Å². The van der Waals surface area contributed by atoms with Gasteiger partial charge in [-0.1, -0.05) is 0 Å². The topological polar surface area (TPSA) is 41.3 Å². The Hall–Kier alpha value is -0.120. The summed E-state index contributed by atoms with van der Waals surface area (Å²) in [7, 11) is 2.01. The molecule has 2 atom stereocenters. The fraction of sp³-hybridized carbons (Fsp3) is 1.00. The van der Waals surface area contributed by atoms with E-state index in [1.807, 2.05) is 7.05 Å². The van der Waals surface area contributed by atoms with Crippen LogP contribution in [0.3, 0.4) is 0 Å². The van der Waals surface area contributed by atoms with Crippen LogP contribution in [0.25, 0.3) is 0 Å². The van der Waals surface area contributed by atoms with Crippen molar-refractivity contribution in [2.75, 3.05) is 33.2 Å². The lowest BCUT2D eigenvalue weighted by Gasteiger charge is -2.24. The van der Waals surface area contributed by atoms with Crippen LogP contribution < -0.4 is 11.1 Å². The average Bonchev–Trinajstić information content (AvgIpc) is 2.63. The molecular formula is C11H25N3. The van der Waals surface area contributed by atoms with Gasteiger partial charge in [0.05, 0.1) is 0 Å². The third-order valence-electron chi connectivity index (χ3n) is 3.42. The van der Waals surface area contributed by atoms with E-state index in [9.17, 15) is 0 Å². The lowest BCUT2D eigenvalue weighted by molar-refractivity contribution is 0.245. The molecule has 14 heavy (non-hydrogen) atoms. The number of rotatable bonds is 5.